The zero-order valence-electron chi connectivity index (χ0n) is 26.8. The lowest BCUT2D eigenvalue weighted by Crippen LogP contribution is -2.18. The van der Waals surface area contributed by atoms with Gasteiger partial charge in [0, 0.05) is 21.2 Å². The molecule has 0 aliphatic carbocycles. The van der Waals surface area contributed by atoms with Crippen molar-refractivity contribution in [1.29, 1.82) is 0 Å². The standard InChI is InChI=1S/C43H31ClO5S/c44-35-19-21-36(22-20-35)49-43-37-25-38(47-27-29-11-15-33(16-12-29)31-7-3-1-4-8-31)39(26-41(37)50-40(43)23-24-42(45)46)48-28-30-13-17-34(18-14-30)32-9-5-2-6-10-32/h1-26H,27-28H2,(H,45,46)/p-1/b24-23+. The van der Waals surface area contributed by atoms with Gasteiger partial charge in [-0.05, 0) is 75.9 Å². The summed E-state index contributed by atoms with van der Waals surface area (Å²) in [6.45, 7) is 0.622. The summed E-state index contributed by atoms with van der Waals surface area (Å²) in [5.41, 5.74) is 6.54. The molecule has 0 atom stereocenters. The Hall–Kier alpha value is -5.82. The van der Waals surface area contributed by atoms with Crippen LogP contribution in [0.25, 0.3) is 38.4 Å². The first-order valence-corrected chi connectivity index (χ1v) is 17.2. The van der Waals surface area contributed by atoms with Crippen LogP contribution in [-0.4, -0.2) is 5.97 Å². The van der Waals surface area contributed by atoms with Crippen LogP contribution in [-0.2, 0) is 18.0 Å². The monoisotopic (exact) mass is 693 g/mol. The molecule has 7 rings (SSSR count). The van der Waals surface area contributed by atoms with Crippen molar-refractivity contribution in [2.45, 2.75) is 13.2 Å². The number of benzene rings is 6. The van der Waals surface area contributed by atoms with Crippen LogP contribution < -0.4 is 19.3 Å². The maximum Gasteiger partial charge on any atom is 0.163 e. The van der Waals surface area contributed by atoms with E-state index in [1.54, 1.807) is 24.3 Å². The fourth-order valence-electron chi connectivity index (χ4n) is 5.48. The van der Waals surface area contributed by atoms with E-state index in [9.17, 15) is 9.90 Å². The zero-order valence-corrected chi connectivity index (χ0v) is 28.3. The Morgan fingerprint density at radius 2 is 1.14 bits per heavy atom. The van der Waals surface area contributed by atoms with Crippen LogP contribution >= 0.6 is 22.9 Å². The number of fused-ring (bicyclic) bond motifs is 1. The fraction of sp³-hybridized carbons (Fsp3) is 0.0465. The third-order valence-corrected chi connectivity index (χ3v) is 9.40. The van der Waals surface area contributed by atoms with Crippen LogP contribution in [0.1, 0.15) is 16.0 Å². The lowest BCUT2D eigenvalue weighted by Gasteiger charge is -2.15. The summed E-state index contributed by atoms with van der Waals surface area (Å²) < 4.78 is 20.0. The number of rotatable bonds is 12. The first kappa shape index (κ1) is 32.7. The summed E-state index contributed by atoms with van der Waals surface area (Å²) in [6.07, 6.45) is 2.47. The van der Waals surface area contributed by atoms with Crippen LogP contribution in [0, 0.1) is 0 Å². The third-order valence-electron chi connectivity index (χ3n) is 8.05. The quantitative estimate of drug-likeness (QED) is 0.119. The van der Waals surface area contributed by atoms with Gasteiger partial charge in [-0.25, -0.2) is 0 Å². The molecule has 0 aliphatic heterocycles. The molecule has 7 aromatic rings. The summed E-state index contributed by atoms with van der Waals surface area (Å²) in [5.74, 6) is 0.826. The van der Waals surface area contributed by atoms with E-state index >= 15 is 0 Å². The van der Waals surface area contributed by atoms with Gasteiger partial charge in [-0.15, -0.1) is 11.3 Å². The minimum absolute atomic E-state index is 0.303. The molecule has 0 fully saturated rings. The smallest absolute Gasteiger partial charge is 0.163 e. The molecular formula is C43H30ClO5S-. The molecule has 0 spiro atoms. The molecule has 7 heteroatoms. The average Bonchev–Trinajstić information content (AvgIpc) is 3.49. The van der Waals surface area contributed by atoms with Gasteiger partial charge in [0.2, 0.25) is 0 Å². The van der Waals surface area contributed by atoms with Crippen molar-refractivity contribution in [3.05, 3.63) is 173 Å². The van der Waals surface area contributed by atoms with Gasteiger partial charge in [0.05, 0.1) is 10.8 Å². The second-order valence-corrected chi connectivity index (χ2v) is 13.0. The highest BCUT2D eigenvalue weighted by molar-refractivity contribution is 7.20. The van der Waals surface area contributed by atoms with E-state index in [1.807, 2.05) is 48.5 Å². The normalized spacial score (nSPS) is 11.1. The number of halogens is 1. The molecule has 246 valence electrons. The molecule has 0 saturated heterocycles. The molecular weight excluding hydrogens is 664 g/mol. The first-order valence-electron chi connectivity index (χ1n) is 16.0. The first-order chi connectivity index (χ1) is 24.5. The molecule has 0 N–H and O–H groups in total. The van der Waals surface area contributed by atoms with Gasteiger partial charge < -0.3 is 24.1 Å². The van der Waals surface area contributed by atoms with Crippen LogP contribution in [0.5, 0.6) is 23.0 Å². The highest BCUT2D eigenvalue weighted by Gasteiger charge is 2.18. The molecule has 0 aliphatic rings. The van der Waals surface area contributed by atoms with Crippen molar-refractivity contribution in [3.8, 4) is 45.3 Å². The van der Waals surface area contributed by atoms with Crippen molar-refractivity contribution in [2.24, 2.45) is 0 Å². The highest BCUT2D eigenvalue weighted by Crippen LogP contribution is 2.46. The van der Waals surface area contributed by atoms with E-state index in [0.29, 0.717) is 46.1 Å². The van der Waals surface area contributed by atoms with Crippen molar-refractivity contribution >= 4 is 45.1 Å². The van der Waals surface area contributed by atoms with E-state index in [-0.39, 0.29) is 0 Å². The Morgan fingerprint density at radius 3 is 1.66 bits per heavy atom. The van der Waals surface area contributed by atoms with E-state index in [1.165, 1.54) is 17.4 Å². The molecule has 1 aromatic heterocycles. The number of thiophene rings is 1. The zero-order chi connectivity index (χ0) is 34.3. The Kier molecular flexibility index (Phi) is 9.92. The second kappa shape index (κ2) is 15.2. The van der Waals surface area contributed by atoms with Crippen molar-refractivity contribution in [2.75, 3.05) is 0 Å². The van der Waals surface area contributed by atoms with Crippen LogP contribution in [0.15, 0.2) is 152 Å². The predicted octanol–water partition coefficient (Wildman–Crippen LogP) is 10.6. The Morgan fingerprint density at radius 1 is 0.640 bits per heavy atom. The van der Waals surface area contributed by atoms with E-state index in [0.717, 1.165) is 49.5 Å². The predicted molar refractivity (Wildman–Crippen MR) is 200 cm³/mol. The number of carboxylic acid groups (broad SMARTS) is 1. The van der Waals surface area contributed by atoms with E-state index < -0.39 is 5.97 Å². The van der Waals surface area contributed by atoms with Gasteiger partial charge in [0.15, 0.2) is 17.2 Å². The van der Waals surface area contributed by atoms with Gasteiger partial charge in [0.25, 0.3) is 0 Å². The summed E-state index contributed by atoms with van der Waals surface area (Å²) in [4.78, 5) is 12.0. The minimum Gasteiger partial charge on any atom is -0.545 e. The van der Waals surface area contributed by atoms with Gasteiger partial charge >= 0.3 is 0 Å². The Labute approximate surface area is 299 Å². The number of carbonyl (C=O) groups is 1. The van der Waals surface area contributed by atoms with Crippen molar-refractivity contribution < 1.29 is 24.1 Å². The maximum atomic E-state index is 11.4. The molecule has 0 radical (unpaired) electrons. The molecule has 0 amide bonds. The number of hydrogen-bond acceptors (Lipinski definition) is 6. The number of carboxylic acids is 1. The van der Waals surface area contributed by atoms with E-state index in [4.69, 9.17) is 25.8 Å². The van der Waals surface area contributed by atoms with Crippen LogP contribution in [0.3, 0.4) is 0 Å². The number of carbonyl (C=O) groups excluding carboxylic acids is 1. The summed E-state index contributed by atoms with van der Waals surface area (Å²) in [5, 5.41) is 12.7. The van der Waals surface area contributed by atoms with Crippen LogP contribution in [0.4, 0.5) is 0 Å². The molecule has 5 nitrogen and oxygen atoms in total. The fourth-order valence-corrected chi connectivity index (χ4v) is 6.65. The number of aliphatic carboxylic acids is 1. The summed E-state index contributed by atoms with van der Waals surface area (Å²) in [6, 6.07) is 47.8. The third kappa shape index (κ3) is 7.90. The molecule has 1 heterocycles. The van der Waals surface area contributed by atoms with Crippen molar-refractivity contribution in [3.63, 3.8) is 0 Å². The second-order valence-electron chi connectivity index (χ2n) is 11.5. The maximum absolute atomic E-state index is 11.4. The number of ether oxygens (including phenoxy) is 3. The molecule has 6 aromatic carbocycles. The molecule has 0 unspecified atom stereocenters. The molecule has 50 heavy (non-hydrogen) atoms. The van der Waals surface area contributed by atoms with Crippen LogP contribution in [0.2, 0.25) is 5.02 Å². The highest BCUT2D eigenvalue weighted by atomic mass is 35.5. The van der Waals surface area contributed by atoms with Crippen molar-refractivity contribution in [1.82, 2.24) is 0 Å². The molecule has 0 bridgehead atoms. The average molecular weight is 694 g/mol. The van der Waals surface area contributed by atoms with E-state index in [2.05, 4.69) is 72.8 Å². The Balaban J connectivity index is 1.21. The molecule has 0 saturated carbocycles. The Bertz CT molecular complexity index is 2240. The summed E-state index contributed by atoms with van der Waals surface area (Å²) >= 11 is 7.49. The van der Waals surface area contributed by atoms with Gasteiger partial charge in [-0.1, -0.05) is 121 Å². The lowest BCUT2D eigenvalue weighted by molar-refractivity contribution is -0.297. The van der Waals surface area contributed by atoms with Gasteiger partial charge in [-0.3, -0.25) is 0 Å². The summed E-state index contributed by atoms with van der Waals surface area (Å²) in [7, 11) is 0. The lowest BCUT2D eigenvalue weighted by atomic mass is 10.0. The topological polar surface area (TPSA) is 67.8 Å². The number of hydrogen-bond donors (Lipinski definition) is 0. The minimum atomic E-state index is -1.30. The van der Waals surface area contributed by atoms with Gasteiger partial charge in [-0.2, -0.15) is 0 Å². The van der Waals surface area contributed by atoms with Gasteiger partial charge in [0.1, 0.15) is 19.0 Å². The SMILES string of the molecule is O=C([O-])/C=C/c1sc2cc(OCc3ccc(-c4ccccc4)cc3)c(OCc3ccc(-c4ccccc4)cc3)cc2c1Oc1ccc(Cl)cc1. The largest absolute Gasteiger partial charge is 0.545 e.